The number of aromatic amines is 2. The molecule has 4 rings (SSSR count). The van der Waals surface area contributed by atoms with Gasteiger partial charge in [-0.3, -0.25) is 43.7 Å². The maximum atomic E-state index is 13.7. The average molecular weight is 790 g/mol. The first kappa shape index (κ1) is 41.9. The number of imidazole rings is 2. The van der Waals surface area contributed by atoms with Crippen molar-refractivity contribution in [3.8, 4) is 5.75 Å². The third kappa shape index (κ3) is 12.3. The zero-order chi connectivity index (χ0) is 41.6. The highest BCUT2D eigenvalue weighted by Gasteiger charge is 2.31. The van der Waals surface area contributed by atoms with Crippen LogP contribution >= 0.6 is 0 Å². The Morgan fingerprint density at radius 2 is 1.37 bits per heavy atom. The molecule has 0 bridgehead atoms. The van der Waals surface area contributed by atoms with Crippen molar-refractivity contribution in [2.75, 3.05) is 12.3 Å². The van der Waals surface area contributed by atoms with Gasteiger partial charge in [-0.05, 0) is 23.8 Å². The number of carbonyl (C=O) groups excluding carboxylic acids is 7. The fourth-order valence-corrected chi connectivity index (χ4v) is 5.38. The molecule has 2 aromatic heterocycles. The number of nitro groups is 1. The van der Waals surface area contributed by atoms with Crippen molar-refractivity contribution in [3.63, 3.8) is 0 Å². The van der Waals surface area contributed by atoms with Crippen LogP contribution in [-0.2, 0) is 48.0 Å². The molecule has 14 N–H and O–H groups in total. The number of carbonyl (C=O) groups is 7. The van der Waals surface area contributed by atoms with Crippen LogP contribution in [0.4, 0.5) is 11.4 Å². The second-order valence-corrected chi connectivity index (χ2v) is 12.5. The molecule has 0 saturated heterocycles. The number of aromatic nitrogens is 4. The third-order valence-electron chi connectivity index (χ3n) is 8.23. The van der Waals surface area contributed by atoms with E-state index in [-0.39, 0.29) is 36.1 Å². The Morgan fingerprint density at radius 1 is 0.772 bits per heavy atom. The molecule has 0 saturated carbocycles. The Kier molecular flexibility index (Phi) is 14.3. The van der Waals surface area contributed by atoms with E-state index in [1.165, 1.54) is 43.2 Å². The Morgan fingerprint density at radius 3 is 1.93 bits per heavy atom. The van der Waals surface area contributed by atoms with Gasteiger partial charge in [-0.1, -0.05) is 18.2 Å². The van der Waals surface area contributed by atoms with Gasteiger partial charge in [-0.25, -0.2) is 9.97 Å². The smallest absolute Gasteiger partial charge is 0.310 e. The maximum absolute atomic E-state index is 13.7. The van der Waals surface area contributed by atoms with E-state index in [1.54, 1.807) is 12.1 Å². The molecule has 4 aromatic rings. The van der Waals surface area contributed by atoms with Gasteiger partial charge in [0.15, 0.2) is 5.75 Å². The van der Waals surface area contributed by atoms with Gasteiger partial charge in [-0.15, -0.1) is 0 Å². The number of anilines is 1. The minimum Gasteiger partial charge on any atom is -0.502 e. The minimum atomic E-state index is -1.67. The number of phenolic OH excluding ortho intramolecular Hbond substituents is 1. The number of H-pyrrole nitrogens is 2. The van der Waals surface area contributed by atoms with Crippen LogP contribution in [0.15, 0.2) is 67.5 Å². The fourth-order valence-electron chi connectivity index (χ4n) is 5.38. The van der Waals surface area contributed by atoms with Gasteiger partial charge in [0.2, 0.25) is 35.4 Å². The lowest BCUT2D eigenvalue weighted by atomic mass is 10.0. The number of nitrogens with zero attached hydrogens (tertiary/aromatic N) is 3. The third-order valence-corrected chi connectivity index (χ3v) is 8.23. The van der Waals surface area contributed by atoms with Gasteiger partial charge in [0.25, 0.3) is 5.91 Å². The van der Waals surface area contributed by atoms with Gasteiger partial charge in [0.1, 0.15) is 24.2 Å². The Hall–Kier alpha value is -7.85. The predicted octanol–water partition coefficient (Wildman–Crippen LogP) is -2.91. The SMILES string of the molecule is NC(=O)C[C@H](NC(=O)CNC(=O)[C@H](Cc1cnc[nH]1)NC(=O)[C@H](Cc1cnc[nH]1)NC(=O)c1ccccc1N)C(=O)N[C@@H](Cc1ccc(O)c([N+](=O)[O-])c1)C(N)=O. The number of amides is 7. The zero-order valence-electron chi connectivity index (χ0n) is 29.9. The normalized spacial score (nSPS) is 12.8. The summed E-state index contributed by atoms with van der Waals surface area (Å²) in [5.74, 6) is -7.15. The molecule has 2 heterocycles. The lowest BCUT2D eigenvalue weighted by molar-refractivity contribution is -0.385. The predicted molar refractivity (Wildman–Crippen MR) is 197 cm³/mol. The second-order valence-electron chi connectivity index (χ2n) is 12.5. The number of nitrogens with one attached hydrogen (secondary N) is 7. The van der Waals surface area contributed by atoms with Crippen LogP contribution in [0.3, 0.4) is 0 Å². The summed E-state index contributed by atoms with van der Waals surface area (Å²) in [7, 11) is 0. The Bertz CT molecular complexity index is 2110. The number of primary amides is 2. The van der Waals surface area contributed by atoms with E-state index in [0.717, 1.165) is 12.1 Å². The van der Waals surface area contributed by atoms with Gasteiger partial charge in [-0.2, -0.15) is 0 Å². The van der Waals surface area contributed by atoms with Crippen molar-refractivity contribution < 1.29 is 43.6 Å². The average Bonchev–Trinajstić information content (AvgIpc) is 3.88. The number of benzene rings is 2. The number of hydrogen-bond donors (Lipinski definition) is 11. The molecule has 23 nitrogen and oxygen atoms in total. The highest BCUT2D eigenvalue weighted by Crippen LogP contribution is 2.26. The summed E-state index contributed by atoms with van der Waals surface area (Å²) in [5.41, 5.74) is 17.3. The summed E-state index contributed by atoms with van der Waals surface area (Å²) < 4.78 is 0. The molecule has 0 aliphatic heterocycles. The molecule has 0 aliphatic carbocycles. The number of nitro benzene ring substituents is 1. The molecule has 300 valence electrons. The number of nitrogens with two attached hydrogens (primary N) is 3. The topological polar surface area (TPSA) is 378 Å². The molecule has 4 atom stereocenters. The van der Waals surface area contributed by atoms with Crippen LogP contribution in [0, 0.1) is 10.1 Å². The molecule has 23 heteroatoms. The largest absolute Gasteiger partial charge is 0.502 e. The first-order valence-corrected chi connectivity index (χ1v) is 16.9. The number of aromatic hydroxyl groups is 1. The highest BCUT2D eigenvalue weighted by atomic mass is 16.6. The van der Waals surface area contributed by atoms with E-state index in [4.69, 9.17) is 17.2 Å². The van der Waals surface area contributed by atoms with E-state index >= 15 is 0 Å². The first-order valence-electron chi connectivity index (χ1n) is 16.9. The Labute approximate surface area is 322 Å². The van der Waals surface area contributed by atoms with Crippen LogP contribution in [-0.4, -0.2) is 102 Å². The van der Waals surface area contributed by atoms with Crippen LogP contribution in [0.2, 0.25) is 0 Å². The van der Waals surface area contributed by atoms with Crippen LogP contribution < -0.4 is 43.8 Å². The summed E-state index contributed by atoms with van der Waals surface area (Å²) in [4.78, 5) is 114. The summed E-state index contributed by atoms with van der Waals surface area (Å²) in [6, 6.07) is 3.68. The number of nitrogen functional groups attached to an aromatic ring is 1. The summed E-state index contributed by atoms with van der Waals surface area (Å²) in [5, 5.41) is 33.0. The van der Waals surface area contributed by atoms with E-state index in [9.17, 15) is 48.8 Å². The molecule has 0 radical (unpaired) electrons. The highest BCUT2D eigenvalue weighted by molar-refractivity contribution is 6.02. The van der Waals surface area contributed by atoms with Crippen molar-refractivity contribution in [3.05, 3.63) is 100 Å². The lowest BCUT2D eigenvalue weighted by Gasteiger charge is -2.23. The molecule has 2 aromatic carbocycles. The first-order chi connectivity index (χ1) is 27.1. The molecular weight excluding hydrogens is 750 g/mol. The summed E-state index contributed by atoms with van der Waals surface area (Å²) >= 11 is 0. The molecular formula is C34H39N13O10. The molecule has 57 heavy (non-hydrogen) atoms. The second kappa shape index (κ2) is 19.5. The monoisotopic (exact) mass is 789 g/mol. The van der Waals surface area contributed by atoms with Crippen molar-refractivity contribution in [2.45, 2.75) is 49.9 Å². The van der Waals surface area contributed by atoms with E-state index in [0.29, 0.717) is 11.4 Å². The zero-order valence-corrected chi connectivity index (χ0v) is 29.9. The standard InChI is InChI=1S/C34H39N13O10/c35-21-4-2-1-3-20(21)31(52)45-24(10-19-13-39-16-42-19)33(54)46-23(9-18-12-38-15-41-18)32(53)40-14-29(50)43-25(11-28(36)49)34(55)44-22(30(37)51)7-17-5-6-27(48)26(8-17)47(56)57/h1-6,8,12-13,15-16,22-25,48H,7,9-11,14,35H2,(H2,36,49)(H2,37,51)(H,38,41)(H,39,42)(H,40,53)(H,43,50)(H,44,55)(H,45,52)(H,46,54)/t22-,23-,24-,25-/m0/s1. The van der Waals surface area contributed by atoms with Gasteiger partial charge in [0.05, 0.1) is 36.1 Å². The van der Waals surface area contributed by atoms with Gasteiger partial charge in [0, 0.05) is 54.8 Å². The fraction of sp³-hybridized carbons (Fsp3) is 0.265. The lowest BCUT2D eigenvalue weighted by Crippen LogP contribution is -2.57. The summed E-state index contributed by atoms with van der Waals surface area (Å²) in [6.45, 7) is -0.783. The van der Waals surface area contributed by atoms with Crippen LogP contribution in [0.5, 0.6) is 5.75 Å². The molecule has 0 unspecified atom stereocenters. The molecule has 0 fully saturated rings. The van der Waals surface area contributed by atoms with Crippen molar-refractivity contribution in [1.82, 2.24) is 46.5 Å². The minimum absolute atomic E-state index is 0.0695. The van der Waals surface area contributed by atoms with Crippen molar-refractivity contribution in [2.24, 2.45) is 11.5 Å². The summed E-state index contributed by atoms with van der Waals surface area (Å²) in [6.07, 6.45) is 4.22. The van der Waals surface area contributed by atoms with Crippen LogP contribution in [0.1, 0.15) is 33.7 Å². The molecule has 7 amide bonds. The van der Waals surface area contributed by atoms with Gasteiger partial charge >= 0.3 is 5.69 Å². The number of hydrogen-bond acceptors (Lipinski definition) is 13. The van der Waals surface area contributed by atoms with Gasteiger partial charge < -0.3 is 58.9 Å². The van der Waals surface area contributed by atoms with E-state index < -0.39 is 94.8 Å². The molecule has 0 spiro atoms. The molecule has 0 aliphatic rings. The maximum Gasteiger partial charge on any atom is 0.310 e. The Balaban J connectivity index is 1.44. The van der Waals surface area contributed by atoms with E-state index in [2.05, 4.69) is 46.5 Å². The number of phenols is 1. The quantitative estimate of drug-likeness (QED) is 0.0243. The van der Waals surface area contributed by atoms with Crippen LogP contribution in [0.25, 0.3) is 0 Å². The number of para-hydroxylation sites is 1. The van der Waals surface area contributed by atoms with Crippen molar-refractivity contribution in [1.29, 1.82) is 0 Å². The van der Waals surface area contributed by atoms with Crippen molar-refractivity contribution >= 4 is 52.7 Å². The van der Waals surface area contributed by atoms with E-state index in [1.807, 2.05) is 0 Å². The number of rotatable bonds is 20.